The van der Waals surface area contributed by atoms with E-state index in [0.29, 0.717) is 12.3 Å². The van der Waals surface area contributed by atoms with Crippen molar-refractivity contribution in [2.24, 2.45) is 11.8 Å². The van der Waals surface area contributed by atoms with Gasteiger partial charge in [-0.15, -0.1) is 0 Å². The van der Waals surface area contributed by atoms with Gasteiger partial charge in [-0.1, -0.05) is 6.92 Å². The summed E-state index contributed by atoms with van der Waals surface area (Å²) in [5.74, 6) is 2.00. The second kappa shape index (κ2) is 5.67. The number of carbonyl (C=O) groups excluding carboxylic acids is 1. The molecule has 0 radical (unpaired) electrons. The predicted octanol–water partition coefficient (Wildman–Crippen LogP) is 1.63. The first-order valence-corrected chi connectivity index (χ1v) is 6.78. The molecule has 0 atom stereocenters. The number of nitrogens with zero attached hydrogens (tertiary/aromatic N) is 1. The Balaban J connectivity index is 1.71. The van der Waals surface area contributed by atoms with Crippen molar-refractivity contribution in [1.29, 1.82) is 0 Å². The van der Waals surface area contributed by atoms with E-state index >= 15 is 0 Å². The van der Waals surface area contributed by atoms with Gasteiger partial charge in [0.2, 0.25) is 5.91 Å². The third-order valence-corrected chi connectivity index (χ3v) is 3.47. The van der Waals surface area contributed by atoms with Gasteiger partial charge in [-0.25, -0.2) is 0 Å². The number of nitrogens with one attached hydrogen (secondary N) is 1. The number of rotatable bonds is 8. The van der Waals surface area contributed by atoms with Crippen molar-refractivity contribution in [2.45, 2.75) is 39.0 Å². The van der Waals surface area contributed by atoms with E-state index in [1.54, 1.807) is 0 Å². The molecule has 3 heteroatoms. The monoisotopic (exact) mass is 224 g/mol. The van der Waals surface area contributed by atoms with Crippen molar-refractivity contribution in [2.75, 3.05) is 26.2 Å². The summed E-state index contributed by atoms with van der Waals surface area (Å²) < 4.78 is 0. The summed E-state index contributed by atoms with van der Waals surface area (Å²) in [6.07, 6.45) is 6.01. The van der Waals surface area contributed by atoms with E-state index in [-0.39, 0.29) is 0 Å². The van der Waals surface area contributed by atoms with Crippen LogP contribution in [0.1, 0.15) is 39.0 Å². The molecule has 2 aliphatic carbocycles. The van der Waals surface area contributed by atoms with Crippen molar-refractivity contribution in [3.63, 3.8) is 0 Å². The summed E-state index contributed by atoms with van der Waals surface area (Å²) in [6.45, 7) is 5.93. The van der Waals surface area contributed by atoms with Crippen LogP contribution in [0.15, 0.2) is 0 Å². The first-order chi connectivity index (χ1) is 7.79. The molecule has 0 bridgehead atoms. The molecule has 0 aromatic heterocycles. The van der Waals surface area contributed by atoms with E-state index in [4.69, 9.17) is 0 Å². The minimum Gasteiger partial charge on any atom is -0.342 e. The fourth-order valence-corrected chi connectivity index (χ4v) is 2.03. The molecule has 0 spiro atoms. The Bertz CT molecular complexity index is 220. The molecule has 2 rings (SSSR count). The van der Waals surface area contributed by atoms with E-state index in [0.717, 1.165) is 38.0 Å². The lowest BCUT2D eigenvalue weighted by molar-refractivity contribution is -0.131. The molecule has 0 aromatic rings. The van der Waals surface area contributed by atoms with Gasteiger partial charge in [-0.3, -0.25) is 4.79 Å². The molecule has 0 aliphatic heterocycles. The highest BCUT2D eigenvalue weighted by Crippen LogP contribution is 2.33. The van der Waals surface area contributed by atoms with Gasteiger partial charge in [-0.05, 0) is 44.1 Å². The molecule has 1 amide bonds. The summed E-state index contributed by atoms with van der Waals surface area (Å²) in [5, 5.41) is 3.22. The lowest BCUT2D eigenvalue weighted by atomic mass is 10.2. The van der Waals surface area contributed by atoms with Crippen molar-refractivity contribution in [3.05, 3.63) is 0 Å². The molecule has 0 saturated heterocycles. The average molecular weight is 224 g/mol. The molecule has 2 fully saturated rings. The summed E-state index contributed by atoms with van der Waals surface area (Å²) in [7, 11) is 0. The molecule has 3 nitrogen and oxygen atoms in total. The van der Waals surface area contributed by atoms with Crippen LogP contribution < -0.4 is 5.32 Å². The van der Waals surface area contributed by atoms with Crippen LogP contribution in [0, 0.1) is 11.8 Å². The van der Waals surface area contributed by atoms with Crippen LogP contribution in [-0.2, 0) is 4.79 Å². The minimum absolute atomic E-state index is 0.361. The first-order valence-electron chi connectivity index (χ1n) is 6.78. The number of amides is 1. The van der Waals surface area contributed by atoms with Crippen molar-refractivity contribution in [1.82, 2.24) is 10.2 Å². The average Bonchev–Trinajstić information content (AvgIpc) is 3.11. The fourth-order valence-electron chi connectivity index (χ4n) is 2.03. The maximum Gasteiger partial charge on any atom is 0.223 e. The lowest BCUT2D eigenvalue weighted by Gasteiger charge is -2.22. The van der Waals surface area contributed by atoms with Gasteiger partial charge < -0.3 is 10.2 Å². The molecule has 0 unspecified atom stereocenters. The lowest BCUT2D eigenvalue weighted by Crippen LogP contribution is -2.36. The zero-order valence-electron chi connectivity index (χ0n) is 10.4. The fraction of sp³-hybridized carbons (Fsp3) is 0.923. The van der Waals surface area contributed by atoms with Crippen LogP contribution in [0.25, 0.3) is 0 Å². The SMILES string of the molecule is CCNCCC(=O)N(CC1CC1)CC1CC1. The third-order valence-electron chi connectivity index (χ3n) is 3.47. The standard InChI is InChI=1S/C13H24N2O/c1-2-14-8-7-13(16)15(9-11-3-4-11)10-12-5-6-12/h11-12,14H,2-10H2,1H3. The van der Waals surface area contributed by atoms with Crippen LogP contribution in [-0.4, -0.2) is 37.0 Å². The van der Waals surface area contributed by atoms with Crippen molar-refractivity contribution >= 4 is 5.91 Å². The largest absolute Gasteiger partial charge is 0.342 e. The van der Waals surface area contributed by atoms with Gasteiger partial charge in [0.05, 0.1) is 0 Å². The van der Waals surface area contributed by atoms with E-state index < -0.39 is 0 Å². The molecule has 1 N–H and O–H groups in total. The van der Waals surface area contributed by atoms with E-state index in [1.807, 2.05) is 0 Å². The van der Waals surface area contributed by atoms with Gasteiger partial charge in [0.15, 0.2) is 0 Å². The van der Waals surface area contributed by atoms with Gasteiger partial charge in [0.1, 0.15) is 0 Å². The summed E-state index contributed by atoms with van der Waals surface area (Å²) in [6, 6.07) is 0. The molecule has 2 aliphatic rings. The maximum atomic E-state index is 12.0. The minimum atomic E-state index is 0.361. The number of hydrogen-bond acceptors (Lipinski definition) is 2. The van der Waals surface area contributed by atoms with Crippen LogP contribution in [0.4, 0.5) is 0 Å². The Kier molecular flexibility index (Phi) is 4.22. The predicted molar refractivity (Wildman–Crippen MR) is 65.2 cm³/mol. The smallest absolute Gasteiger partial charge is 0.223 e. The number of carbonyl (C=O) groups is 1. The van der Waals surface area contributed by atoms with Crippen LogP contribution in [0.2, 0.25) is 0 Å². The summed E-state index contributed by atoms with van der Waals surface area (Å²) in [5.41, 5.74) is 0. The van der Waals surface area contributed by atoms with Gasteiger partial charge in [-0.2, -0.15) is 0 Å². The summed E-state index contributed by atoms with van der Waals surface area (Å²) >= 11 is 0. The van der Waals surface area contributed by atoms with Crippen LogP contribution in [0.5, 0.6) is 0 Å². The van der Waals surface area contributed by atoms with Crippen LogP contribution >= 0.6 is 0 Å². The van der Waals surface area contributed by atoms with Gasteiger partial charge >= 0.3 is 0 Å². The zero-order valence-corrected chi connectivity index (χ0v) is 10.4. The third kappa shape index (κ3) is 4.12. The van der Waals surface area contributed by atoms with Crippen molar-refractivity contribution < 1.29 is 4.79 Å². The highest BCUT2D eigenvalue weighted by molar-refractivity contribution is 5.76. The Hall–Kier alpha value is -0.570. The quantitative estimate of drug-likeness (QED) is 0.636. The van der Waals surface area contributed by atoms with E-state index in [9.17, 15) is 4.79 Å². The first kappa shape index (κ1) is 11.9. The molecule has 16 heavy (non-hydrogen) atoms. The molecule has 0 heterocycles. The van der Waals surface area contributed by atoms with E-state index in [2.05, 4.69) is 17.1 Å². The highest BCUT2D eigenvalue weighted by atomic mass is 16.2. The number of hydrogen-bond donors (Lipinski definition) is 1. The Labute approximate surface area is 98.6 Å². The maximum absolute atomic E-state index is 12.0. The topological polar surface area (TPSA) is 32.3 Å². The molecule has 92 valence electrons. The molecular formula is C13H24N2O. The zero-order chi connectivity index (χ0) is 11.4. The highest BCUT2D eigenvalue weighted by Gasteiger charge is 2.31. The summed E-state index contributed by atoms with van der Waals surface area (Å²) in [4.78, 5) is 14.2. The second-order valence-corrected chi connectivity index (χ2v) is 5.29. The van der Waals surface area contributed by atoms with Crippen molar-refractivity contribution in [3.8, 4) is 0 Å². The van der Waals surface area contributed by atoms with Gasteiger partial charge in [0.25, 0.3) is 0 Å². The van der Waals surface area contributed by atoms with Gasteiger partial charge in [0, 0.05) is 26.1 Å². The second-order valence-electron chi connectivity index (χ2n) is 5.29. The normalized spacial score (nSPS) is 19.8. The molecular weight excluding hydrogens is 200 g/mol. The Morgan fingerprint density at radius 2 is 1.75 bits per heavy atom. The van der Waals surface area contributed by atoms with E-state index in [1.165, 1.54) is 25.7 Å². The van der Waals surface area contributed by atoms with Crippen LogP contribution in [0.3, 0.4) is 0 Å². The molecule has 0 aromatic carbocycles. The Morgan fingerprint density at radius 1 is 1.19 bits per heavy atom. The Morgan fingerprint density at radius 3 is 2.19 bits per heavy atom. The molecule has 2 saturated carbocycles.